The lowest BCUT2D eigenvalue weighted by Crippen LogP contribution is -2.46. The third kappa shape index (κ3) is 4.81. The van der Waals surface area contributed by atoms with Crippen LogP contribution >= 0.6 is 11.6 Å². The molecule has 1 atom stereocenters. The molecule has 0 fully saturated rings. The number of nitrogens with one attached hydrogen (secondary N) is 1. The molecule has 0 bridgehead atoms. The first-order valence-corrected chi connectivity index (χ1v) is 6.82. The lowest BCUT2D eigenvalue weighted by molar-refractivity contribution is -0.131. The highest BCUT2D eigenvalue weighted by Gasteiger charge is 2.23. The van der Waals surface area contributed by atoms with Crippen LogP contribution in [0.15, 0.2) is 18.3 Å². The number of amides is 2. The van der Waals surface area contributed by atoms with Crippen LogP contribution in [0.5, 0.6) is 0 Å². The van der Waals surface area contributed by atoms with Gasteiger partial charge in [-0.05, 0) is 24.5 Å². The minimum Gasteiger partial charge on any atom is -0.347 e. The summed E-state index contributed by atoms with van der Waals surface area (Å²) in [5.41, 5.74) is 0.394. The number of pyridine rings is 1. The van der Waals surface area contributed by atoms with Crippen molar-refractivity contribution >= 4 is 23.4 Å². The van der Waals surface area contributed by atoms with Gasteiger partial charge in [0.1, 0.15) is 11.2 Å². The molecule has 0 spiro atoms. The van der Waals surface area contributed by atoms with Crippen LogP contribution in [0.3, 0.4) is 0 Å². The number of hydrogen-bond donors (Lipinski definition) is 1. The lowest BCUT2D eigenvalue weighted by Gasteiger charge is -2.23. The fourth-order valence-corrected chi connectivity index (χ4v) is 1.96. The monoisotopic (exact) mass is 297 g/mol. The van der Waals surface area contributed by atoms with Crippen LogP contribution in [0.2, 0.25) is 5.15 Å². The topological polar surface area (TPSA) is 62.3 Å². The van der Waals surface area contributed by atoms with Gasteiger partial charge in [-0.25, -0.2) is 4.98 Å². The van der Waals surface area contributed by atoms with Crippen molar-refractivity contribution in [2.45, 2.75) is 26.3 Å². The molecule has 1 aromatic heterocycles. The molecular weight excluding hydrogens is 278 g/mol. The predicted molar refractivity (Wildman–Crippen MR) is 78.7 cm³/mol. The fourth-order valence-electron chi connectivity index (χ4n) is 1.79. The maximum Gasteiger partial charge on any atom is 0.252 e. The maximum atomic E-state index is 12.1. The number of halogens is 1. The first-order valence-electron chi connectivity index (χ1n) is 6.44. The molecule has 0 saturated carbocycles. The quantitative estimate of drug-likeness (QED) is 0.845. The van der Waals surface area contributed by atoms with Gasteiger partial charge in [-0.3, -0.25) is 9.59 Å². The molecule has 1 heterocycles. The highest BCUT2D eigenvalue weighted by Crippen LogP contribution is 2.10. The van der Waals surface area contributed by atoms with Crippen molar-refractivity contribution in [3.8, 4) is 0 Å². The van der Waals surface area contributed by atoms with Crippen LogP contribution in [-0.2, 0) is 4.79 Å². The molecule has 0 aromatic carbocycles. The van der Waals surface area contributed by atoms with Crippen molar-refractivity contribution in [3.63, 3.8) is 0 Å². The summed E-state index contributed by atoms with van der Waals surface area (Å²) in [6.45, 7) is 4.01. The summed E-state index contributed by atoms with van der Waals surface area (Å²) in [5.74, 6) is -0.146. The van der Waals surface area contributed by atoms with Gasteiger partial charge in [-0.2, -0.15) is 0 Å². The molecular formula is C14H20ClN3O2. The number of rotatable bonds is 5. The Hall–Kier alpha value is -1.62. The zero-order chi connectivity index (χ0) is 15.3. The Bertz CT molecular complexity index is 489. The van der Waals surface area contributed by atoms with E-state index in [0.717, 1.165) is 0 Å². The van der Waals surface area contributed by atoms with Crippen molar-refractivity contribution < 1.29 is 9.59 Å². The smallest absolute Gasteiger partial charge is 0.252 e. The van der Waals surface area contributed by atoms with Gasteiger partial charge in [0.15, 0.2) is 0 Å². The van der Waals surface area contributed by atoms with Gasteiger partial charge < -0.3 is 10.2 Å². The highest BCUT2D eigenvalue weighted by molar-refractivity contribution is 6.29. The van der Waals surface area contributed by atoms with Crippen LogP contribution < -0.4 is 5.32 Å². The van der Waals surface area contributed by atoms with E-state index >= 15 is 0 Å². The van der Waals surface area contributed by atoms with E-state index in [4.69, 9.17) is 11.6 Å². The van der Waals surface area contributed by atoms with Crippen molar-refractivity contribution in [1.82, 2.24) is 15.2 Å². The van der Waals surface area contributed by atoms with E-state index in [1.165, 1.54) is 17.2 Å². The molecule has 2 amide bonds. The number of nitrogens with zero attached hydrogens (tertiary/aromatic N) is 2. The van der Waals surface area contributed by atoms with Crippen LogP contribution in [0.25, 0.3) is 0 Å². The highest BCUT2D eigenvalue weighted by atomic mass is 35.5. The number of carbonyl (C=O) groups excluding carboxylic acids is 2. The zero-order valence-electron chi connectivity index (χ0n) is 12.2. The van der Waals surface area contributed by atoms with E-state index in [1.54, 1.807) is 20.2 Å². The molecule has 1 rings (SSSR count). The lowest BCUT2D eigenvalue weighted by atomic mass is 10.0. The molecule has 110 valence electrons. The largest absolute Gasteiger partial charge is 0.347 e. The molecule has 20 heavy (non-hydrogen) atoms. The number of likely N-dealkylation sites (N-methyl/N-ethyl adjacent to an activating group) is 1. The third-order valence-corrected chi connectivity index (χ3v) is 2.95. The van der Waals surface area contributed by atoms with E-state index in [1.807, 2.05) is 13.8 Å². The molecule has 1 N–H and O–H groups in total. The summed E-state index contributed by atoms with van der Waals surface area (Å²) < 4.78 is 0. The Balaban J connectivity index is 2.84. The molecule has 0 radical (unpaired) electrons. The third-order valence-electron chi connectivity index (χ3n) is 2.74. The van der Waals surface area contributed by atoms with E-state index in [0.29, 0.717) is 17.9 Å². The van der Waals surface area contributed by atoms with Gasteiger partial charge in [0.05, 0.1) is 0 Å². The SMILES string of the molecule is CC(C)C[C@@H](NC(=O)c1ccnc(Cl)c1)C(=O)N(C)C. The second-order valence-corrected chi connectivity index (χ2v) is 5.64. The Morgan fingerprint density at radius 3 is 2.55 bits per heavy atom. The summed E-state index contributed by atoms with van der Waals surface area (Å²) in [4.78, 5) is 29.5. The second kappa shape index (κ2) is 7.24. The minimum absolute atomic E-state index is 0.118. The molecule has 0 saturated heterocycles. The van der Waals surface area contributed by atoms with E-state index in [9.17, 15) is 9.59 Å². The standard InChI is InChI=1S/C14H20ClN3O2/c1-9(2)7-11(14(20)18(3)4)17-13(19)10-5-6-16-12(15)8-10/h5-6,8-9,11H,7H2,1-4H3,(H,17,19)/t11-/m1/s1. The van der Waals surface area contributed by atoms with Crippen molar-refractivity contribution in [1.29, 1.82) is 0 Å². The van der Waals surface area contributed by atoms with E-state index in [2.05, 4.69) is 10.3 Å². The van der Waals surface area contributed by atoms with Gasteiger partial charge in [-0.15, -0.1) is 0 Å². The maximum absolute atomic E-state index is 12.1. The number of hydrogen-bond acceptors (Lipinski definition) is 3. The second-order valence-electron chi connectivity index (χ2n) is 5.26. The van der Waals surface area contributed by atoms with Crippen LogP contribution in [-0.4, -0.2) is 41.8 Å². The van der Waals surface area contributed by atoms with Crippen molar-refractivity contribution in [2.75, 3.05) is 14.1 Å². The zero-order valence-corrected chi connectivity index (χ0v) is 12.9. The van der Waals surface area contributed by atoms with Crippen LogP contribution in [0.1, 0.15) is 30.6 Å². The molecule has 0 aliphatic rings. The average molecular weight is 298 g/mol. The first-order chi connectivity index (χ1) is 9.31. The van der Waals surface area contributed by atoms with Gasteiger partial charge in [0.25, 0.3) is 5.91 Å². The van der Waals surface area contributed by atoms with Gasteiger partial charge in [0.2, 0.25) is 5.91 Å². The first kappa shape index (κ1) is 16.4. The Labute approximate surface area is 124 Å². The Morgan fingerprint density at radius 1 is 1.40 bits per heavy atom. The van der Waals surface area contributed by atoms with Crippen LogP contribution in [0, 0.1) is 5.92 Å². The minimum atomic E-state index is -0.538. The molecule has 6 heteroatoms. The Morgan fingerprint density at radius 2 is 2.05 bits per heavy atom. The molecule has 1 aromatic rings. The fraction of sp³-hybridized carbons (Fsp3) is 0.500. The summed E-state index contributed by atoms with van der Waals surface area (Å²) >= 11 is 5.76. The van der Waals surface area contributed by atoms with Gasteiger partial charge >= 0.3 is 0 Å². The summed E-state index contributed by atoms with van der Waals surface area (Å²) in [5, 5.41) is 3.00. The number of carbonyl (C=O) groups is 2. The average Bonchev–Trinajstić information content (AvgIpc) is 2.36. The number of aromatic nitrogens is 1. The van der Waals surface area contributed by atoms with E-state index in [-0.39, 0.29) is 17.0 Å². The molecule has 0 aliphatic heterocycles. The van der Waals surface area contributed by atoms with Gasteiger partial charge in [-0.1, -0.05) is 25.4 Å². The summed E-state index contributed by atoms with van der Waals surface area (Å²) in [6.07, 6.45) is 2.05. The van der Waals surface area contributed by atoms with Gasteiger partial charge in [0, 0.05) is 25.9 Å². The molecule has 5 nitrogen and oxygen atoms in total. The summed E-state index contributed by atoms with van der Waals surface area (Å²) in [6, 6.07) is 2.50. The molecule has 0 aliphatic carbocycles. The van der Waals surface area contributed by atoms with Crippen LogP contribution in [0.4, 0.5) is 0 Å². The normalized spacial score (nSPS) is 12.1. The van der Waals surface area contributed by atoms with Crippen molar-refractivity contribution in [2.24, 2.45) is 5.92 Å². The summed E-state index contributed by atoms with van der Waals surface area (Å²) in [7, 11) is 3.34. The van der Waals surface area contributed by atoms with E-state index < -0.39 is 6.04 Å². The van der Waals surface area contributed by atoms with Crippen molar-refractivity contribution in [3.05, 3.63) is 29.0 Å². The Kier molecular flexibility index (Phi) is 5.95. The predicted octanol–water partition coefficient (Wildman–Crippen LogP) is 1.97. The molecule has 0 unspecified atom stereocenters.